The number of methoxy groups -OCH3 is 3. The number of carbonyl (C=O) groups excluding carboxylic acids is 1. The third-order valence-electron chi connectivity index (χ3n) is 5.07. The molecule has 0 saturated carbocycles. The molecule has 0 aliphatic carbocycles. The van der Waals surface area contributed by atoms with Crippen LogP contribution in [0.3, 0.4) is 0 Å². The zero-order valence-electron chi connectivity index (χ0n) is 16.4. The molecule has 1 saturated heterocycles. The fraction of sp³-hybridized carbons (Fsp3) is 0.381. The molecule has 1 aliphatic heterocycles. The zero-order chi connectivity index (χ0) is 21.2. The average molecular weight is 409 g/mol. The molecule has 0 radical (unpaired) electrons. The van der Waals surface area contributed by atoms with Gasteiger partial charge in [-0.15, -0.1) is 0 Å². The Bertz CT molecular complexity index is 873. The topological polar surface area (TPSA) is 48.0 Å². The maximum absolute atomic E-state index is 13.0. The molecule has 2 aromatic rings. The predicted octanol–water partition coefficient (Wildman–Crippen LogP) is 4.36. The summed E-state index contributed by atoms with van der Waals surface area (Å²) in [5, 5.41) is 0. The molecule has 2 aromatic carbocycles. The lowest BCUT2D eigenvalue weighted by molar-refractivity contribution is -0.137. The van der Waals surface area contributed by atoms with Crippen molar-refractivity contribution in [2.75, 3.05) is 34.4 Å². The molecule has 29 heavy (non-hydrogen) atoms. The number of ether oxygens (including phenoxy) is 3. The molecule has 1 aliphatic rings. The normalized spacial score (nSPS) is 16.6. The van der Waals surface area contributed by atoms with E-state index in [4.69, 9.17) is 14.2 Å². The highest BCUT2D eigenvalue weighted by molar-refractivity contribution is 5.96. The van der Waals surface area contributed by atoms with Crippen molar-refractivity contribution < 1.29 is 32.2 Å². The molecular weight excluding hydrogens is 387 g/mol. The summed E-state index contributed by atoms with van der Waals surface area (Å²) < 4.78 is 54.8. The fourth-order valence-electron chi connectivity index (χ4n) is 3.57. The molecule has 1 unspecified atom stereocenters. The highest BCUT2D eigenvalue weighted by Gasteiger charge is 2.33. The fourth-order valence-corrected chi connectivity index (χ4v) is 3.57. The van der Waals surface area contributed by atoms with E-state index < -0.39 is 11.7 Å². The van der Waals surface area contributed by atoms with Crippen LogP contribution in [0.15, 0.2) is 36.4 Å². The lowest BCUT2D eigenvalue weighted by Crippen LogP contribution is -2.28. The van der Waals surface area contributed by atoms with Crippen LogP contribution in [0.4, 0.5) is 13.2 Å². The van der Waals surface area contributed by atoms with E-state index in [1.165, 1.54) is 27.4 Å². The highest BCUT2D eigenvalue weighted by atomic mass is 19.4. The summed E-state index contributed by atoms with van der Waals surface area (Å²) in [6.07, 6.45) is -3.79. The van der Waals surface area contributed by atoms with E-state index in [1.807, 2.05) is 0 Å². The number of benzene rings is 2. The van der Waals surface area contributed by atoms with Crippen molar-refractivity contribution in [2.45, 2.75) is 18.5 Å². The van der Waals surface area contributed by atoms with E-state index in [1.54, 1.807) is 23.1 Å². The Morgan fingerprint density at radius 1 is 1.03 bits per heavy atom. The molecule has 0 aromatic heterocycles. The van der Waals surface area contributed by atoms with Gasteiger partial charge in [-0.25, -0.2) is 0 Å². The number of carbonyl (C=O) groups is 1. The molecule has 156 valence electrons. The van der Waals surface area contributed by atoms with Crippen molar-refractivity contribution in [1.29, 1.82) is 0 Å². The number of alkyl halides is 3. The molecule has 1 atom stereocenters. The third-order valence-corrected chi connectivity index (χ3v) is 5.07. The molecule has 3 rings (SSSR count). The minimum Gasteiger partial charge on any atom is -0.493 e. The van der Waals surface area contributed by atoms with Gasteiger partial charge < -0.3 is 19.1 Å². The van der Waals surface area contributed by atoms with Gasteiger partial charge in [0.15, 0.2) is 11.5 Å². The SMILES string of the molecule is COc1cc(C(=O)N2CCC(c3cccc(C(F)(F)F)c3)C2)cc(OC)c1OC. The van der Waals surface area contributed by atoms with Crippen molar-refractivity contribution in [3.63, 3.8) is 0 Å². The summed E-state index contributed by atoms with van der Waals surface area (Å²) in [6, 6.07) is 8.44. The van der Waals surface area contributed by atoms with Crippen LogP contribution in [0, 0.1) is 0 Å². The molecule has 0 bridgehead atoms. The molecule has 1 fully saturated rings. The Kier molecular flexibility index (Phi) is 5.91. The second-order valence-corrected chi connectivity index (χ2v) is 6.77. The number of hydrogen-bond acceptors (Lipinski definition) is 4. The van der Waals surface area contributed by atoms with Gasteiger partial charge >= 0.3 is 6.18 Å². The summed E-state index contributed by atoms with van der Waals surface area (Å²) in [4.78, 5) is 14.6. The van der Waals surface area contributed by atoms with Gasteiger partial charge in [0, 0.05) is 24.6 Å². The second-order valence-electron chi connectivity index (χ2n) is 6.77. The summed E-state index contributed by atoms with van der Waals surface area (Å²) >= 11 is 0. The Balaban J connectivity index is 1.81. The van der Waals surface area contributed by atoms with Crippen molar-refractivity contribution in [3.05, 3.63) is 53.1 Å². The van der Waals surface area contributed by atoms with Gasteiger partial charge in [-0.05, 0) is 30.2 Å². The van der Waals surface area contributed by atoms with E-state index in [-0.39, 0.29) is 11.8 Å². The van der Waals surface area contributed by atoms with Gasteiger partial charge in [0.1, 0.15) is 0 Å². The van der Waals surface area contributed by atoms with E-state index in [0.717, 1.165) is 12.1 Å². The van der Waals surface area contributed by atoms with Gasteiger partial charge in [0.2, 0.25) is 5.75 Å². The average Bonchev–Trinajstić information content (AvgIpc) is 3.21. The first-order chi connectivity index (χ1) is 13.8. The van der Waals surface area contributed by atoms with Gasteiger partial charge in [-0.2, -0.15) is 13.2 Å². The van der Waals surface area contributed by atoms with Crippen LogP contribution in [0.2, 0.25) is 0 Å². The Hall–Kier alpha value is -2.90. The van der Waals surface area contributed by atoms with Crippen LogP contribution < -0.4 is 14.2 Å². The van der Waals surface area contributed by atoms with Gasteiger partial charge in [0.05, 0.1) is 26.9 Å². The van der Waals surface area contributed by atoms with Crippen molar-refractivity contribution in [3.8, 4) is 17.2 Å². The largest absolute Gasteiger partial charge is 0.493 e. The highest BCUT2D eigenvalue weighted by Crippen LogP contribution is 2.39. The van der Waals surface area contributed by atoms with Crippen molar-refractivity contribution in [2.24, 2.45) is 0 Å². The molecule has 5 nitrogen and oxygen atoms in total. The van der Waals surface area contributed by atoms with E-state index in [0.29, 0.717) is 47.9 Å². The van der Waals surface area contributed by atoms with E-state index in [9.17, 15) is 18.0 Å². The Morgan fingerprint density at radius 2 is 1.69 bits per heavy atom. The van der Waals surface area contributed by atoms with Crippen LogP contribution >= 0.6 is 0 Å². The van der Waals surface area contributed by atoms with Gasteiger partial charge in [-0.3, -0.25) is 4.79 Å². The van der Waals surface area contributed by atoms with Crippen LogP contribution in [0.1, 0.15) is 33.8 Å². The maximum Gasteiger partial charge on any atom is 0.416 e. The lowest BCUT2D eigenvalue weighted by Gasteiger charge is -2.19. The number of halogens is 3. The van der Waals surface area contributed by atoms with Crippen LogP contribution in [0.5, 0.6) is 17.2 Å². The van der Waals surface area contributed by atoms with E-state index >= 15 is 0 Å². The van der Waals surface area contributed by atoms with Crippen LogP contribution in [0.25, 0.3) is 0 Å². The molecule has 1 amide bonds. The standard InChI is InChI=1S/C21H22F3NO4/c1-27-17-10-15(11-18(28-2)19(17)29-3)20(26)25-8-7-14(12-25)13-5-4-6-16(9-13)21(22,23)24/h4-6,9-11,14H,7-8,12H2,1-3H3. The number of rotatable bonds is 5. The number of amides is 1. The summed E-state index contributed by atoms with van der Waals surface area (Å²) in [6.45, 7) is 0.799. The monoisotopic (exact) mass is 409 g/mol. The lowest BCUT2D eigenvalue weighted by atomic mass is 9.96. The quantitative estimate of drug-likeness (QED) is 0.736. The summed E-state index contributed by atoms with van der Waals surface area (Å²) in [7, 11) is 4.40. The molecule has 0 spiro atoms. The number of hydrogen-bond donors (Lipinski definition) is 0. The zero-order valence-corrected chi connectivity index (χ0v) is 16.4. The Labute approximate surface area is 167 Å². The number of likely N-dealkylation sites (tertiary alicyclic amines) is 1. The Morgan fingerprint density at radius 3 is 2.24 bits per heavy atom. The van der Waals surface area contributed by atoms with E-state index in [2.05, 4.69) is 0 Å². The van der Waals surface area contributed by atoms with Gasteiger partial charge in [-0.1, -0.05) is 18.2 Å². The van der Waals surface area contributed by atoms with Crippen LogP contribution in [-0.4, -0.2) is 45.2 Å². The first kappa shape index (κ1) is 20.8. The summed E-state index contributed by atoms with van der Waals surface area (Å²) in [5.74, 6) is 0.726. The third kappa shape index (κ3) is 4.26. The second kappa shape index (κ2) is 8.23. The smallest absolute Gasteiger partial charge is 0.416 e. The molecular formula is C21H22F3NO4. The molecule has 0 N–H and O–H groups in total. The van der Waals surface area contributed by atoms with Crippen molar-refractivity contribution >= 4 is 5.91 Å². The number of nitrogens with zero attached hydrogens (tertiary/aromatic N) is 1. The van der Waals surface area contributed by atoms with Crippen molar-refractivity contribution in [1.82, 2.24) is 4.90 Å². The maximum atomic E-state index is 13.0. The first-order valence-corrected chi connectivity index (χ1v) is 9.05. The van der Waals surface area contributed by atoms with Crippen LogP contribution in [-0.2, 0) is 6.18 Å². The van der Waals surface area contributed by atoms with Gasteiger partial charge in [0.25, 0.3) is 5.91 Å². The minimum absolute atomic E-state index is 0.150. The molecule has 8 heteroatoms. The summed E-state index contributed by atoms with van der Waals surface area (Å²) in [5.41, 5.74) is 0.272. The predicted molar refractivity (Wildman–Crippen MR) is 101 cm³/mol. The minimum atomic E-state index is -4.39. The first-order valence-electron chi connectivity index (χ1n) is 9.05. The molecule has 1 heterocycles.